The summed E-state index contributed by atoms with van der Waals surface area (Å²) in [4.78, 5) is 5.43. The highest BCUT2D eigenvalue weighted by molar-refractivity contribution is 6.10. The van der Waals surface area contributed by atoms with Crippen molar-refractivity contribution in [2.24, 2.45) is 0 Å². The summed E-state index contributed by atoms with van der Waals surface area (Å²) in [6.45, 7) is 0. The lowest BCUT2D eigenvalue weighted by Gasteiger charge is -2.14. The summed E-state index contributed by atoms with van der Waals surface area (Å²) >= 11 is 0. The van der Waals surface area contributed by atoms with Crippen molar-refractivity contribution in [3.8, 4) is 67.3 Å². The van der Waals surface area contributed by atoms with Crippen molar-refractivity contribution in [1.29, 1.82) is 0 Å². The van der Waals surface area contributed by atoms with Crippen LogP contribution in [-0.2, 0) is 0 Å². The molecule has 0 N–H and O–H groups in total. The molecule has 0 bridgehead atoms. The van der Waals surface area contributed by atoms with Crippen molar-refractivity contribution in [3.63, 3.8) is 0 Å². The summed E-state index contributed by atoms with van der Waals surface area (Å²) < 4.78 is 4.73. The summed E-state index contributed by atoms with van der Waals surface area (Å²) in [5, 5.41) is 5.00. The first kappa shape index (κ1) is 35.7. The minimum atomic E-state index is 0.922. The van der Waals surface area contributed by atoms with Gasteiger partial charge in [-0.25, -0.2) is 4.98 Å². The van der Waals surface area contributed by atoms with E-state index in [9.17, 15) is 0 Å². The van der Waals surface area contributed by atoms with Crippen LogP contribution in [0.3, 0.4) is 0 Å². The number of hydrogen-bond donors (Lipinski definition) is 0. The Kier molecular flexibility index (Phi) is 8.50. The van der Waals surface area contributed by atoms with Crippen LogP contribution < -0.4 is 0 Å². The van der Waals surface area contributed by atoms with E-state index >= 15 is 0 Å². The molecule has 3 nitrogen and oxygen atoms in total. The Balaban J connectivity index is 0.976. The number of hydrogen-bond acceptors (Lipinski definition) is 1. The molecule has 0 aliphatic rings. The zero-order chi connectivity index (χ0) is 41.0. The molecule has 3 aromatic heterocycles. The highest BCUT2D eigenvalue weighted by atomic mass is 15.0. The molecule has 0 atom stereocenters. The zero-order valence-electron chi connectivity index (χ0n) is 33.9. The molecule has 0 unspecified atom stereocenters. The largest absolute Gasteiger partial charge is 0.309 e. The first-order valence-electron chi connectivity index (χ1n) is 21.2. The van der Waals surface area contributed by atoms with E-state index in [1.807, 2.05) is 0 Å². The molecule has 0 spiro atoms. The first-order valence-corrected chi connectivity index (χ1v) is 21.2. The number of para-hydroxylation sites is 4. The van der Waals surface area contributed by atoms with E-state index in [2.05, 4.69) is 246 Å². The molecule has 62 heavy (non-hydrogen) atoms. The van der Waals surface area contributed by atoms with Gasteiger partial charge in [-0.1, -0.05) is 170 Å². The van der Waals surface area contributed by atoms with Crippen LogP contribution in [-0.4, -0.2) is 14.1 Å². The van der Waals surface area contributed by atoms with Gasteiger partial charge in [0.2, 0.25) is 0 Å². The standard InChI is InChI=1S/C59H39N3/c1-2-14-40(15-3-1)44-16-12-17-45(36-44)41-28-30-42(31-29-41)47-38-54(43-32-34-48(35-33-43)61-56-24-8-4-20-50(56)51-21-5-9-25-57(51)61)60-55(39-47)46-18-13-19-49(37-46)62-58-26-10-6-22-52(58)53-23-7-11-27-59(53)62/h1-39H. The molecule has 12 aromatic rings. The Bertz CT molecular complexity index is 3500. The maximum Gasteiger partial charge on any atom is 0.0716 e. The van der Waals surface area contributed by atoms with Crippen LogP contribution in [0.4, 0.5) is 0 Å². The minimum absolute atomic E-state index is 0.922. The van der Waals surface area contributed by atoms with Crippen molar-refractivity contribution in [3.05, 3.63) is 237 Å². The average Bonchev–Trinajstić information content (AvgIpc) is 3.87. The van der Waals surface area contributed by atoms with Crippen molar-refractivity contribution in [1.82, 2.24) is 14.1 Å². The Morgan fingerprint density at radius 2 is 0.613 bits per heavy atom. The molecule has 0 fully saturated rings. The van der Waals surface area contributed by atoms with E-state index in [0.717, 1.165) is 45.0 Å². The second-order valence-corrected chi connectivity index (χ2v) is 16.0. The van der Waals surface area contributed by atoms with Crippen LogP contribution in [0, 0.1) is 0 Å². The number of nitrogens with zero attached hydrogens (tertiary/aromatic N) is 3. The fourth-order valence-corrected chi connectivity index (χ4v) is 9.34. The van der Waals surface area contributed by atoms with Gasteiger partial charge in [-0.2, -0.15) is 0 Å². The monoisotopic (exact) mass is 789 g/mol. The van der Waals surface area contributed by atoms with E-state index < -0.39 is 0 Å². The molecule has 290 valence electrons. The van der Waals surface area contributed by atoms with Crippen molar-refractivity contribution < 1.29 is 0 Å². The summed E-state index contributed by atoms with van der Waals surface area (Å²) in [5.74, 6) is 0. The predicted molar refractivity (Wildman–Crippen MR) is 260 cm³/mol. The van der Waals surface area contributed by atoms with Crippen LogP contribution in [0.25, 0.3) is 111 Å². The van der Waals surface area contributed by atoms with E-state index in [1.165, 1.54) is 65.9 Å². The second kappa shape index (κ2) is 14.8. The summed E-state index contributed by atoms with van der Waals surface area (Å²) in [5.41, 5.74) is 18.0. The highest BCUT2D eigenvalue weighted by Crippen LogP contribution is 2.37. The van der Waals surface area contributed by atoms with Crippen molar-refractivity contribution in [2.45, 2.75) is 0 Å². The first-order chi connectivity index (χ1) is 30.7. The van der Waals surface area contributed by atoms with E-state index in [0.29, 0.717) is 0 Å². The van der Waals surface area contributed by atoms with Crippen LogP contribution in [0.1, 0.15) is 0 Å². The molecule has 0 radical (unpaired) electrons. The smallest absolute Gasteiger partial charge is 0.0716 e. The molecule has 0 amide bonds. The lowest BCUT2D eigenvalue weighted by atomic mass is 9.96. The molecule has 0 saturated carbocycles. The number of rotatable bonds is 7. The normalized spacial score (nSPS) is 11.5. The van der Waals surface area contributed by atoms with Gasteiger partial charge >= 0.3 is 0 Å². The number of aromatic nitrogens is 3. The van der Waals surface area contributed by atoms with Gasteiger partial charge in [0, 0.05) is 44.0 Å². The molecule has 0 saturated heterocycles. The van der Waals surface area contributed by atoms with Crippen LogP contribution >= 0.6 is 0 Å². The number of fused-ring (bicyclic) bond motifs is 6. The molecule has 0 aliphatic carbocycles. The van der Waals surface area contributed by atoms with Gasteiger partial charge in [0.1, 0.15) is 0 Å². The fourth-order valence-electron chi connectivity index (χ4n) is 9.34. The van der Waals surface area contributed by atoms with Gasteiger partial charge in [-0.3, -0.25) is 0 Å². The maximum atomic E-state index is 5.43. The summed E-state index contributed by atoms with van der Waals surface area (Å²) in [6, 6.07) is 85.2. The molecule has 0 aliphatic heterocycles. The Morgan fingerprint density at radius 3 is 1.16 bits per heavy atom. The SMILES string of the molecule is c1ccc(-c2cccc(-c3ccc(-c4cc(-c5ccc(-n6c7ccccc7c7ccccc76)cc5)nc(-c5cccc(-n6c7ccccc7c7ccccc76)c5)c4)cc3)c2)cc1. The number of pyridine rings is 1. The van der Waals surface area contributed by atoms with Crippen LogP contribution in [0.5, 0.6) is 0 Å². The fraction of sp³-hybridized carbons (Fsp3) is 0. The minimum Gasteiger partial charge on any atom is -0.309 e. The molecule has 12 rings (SSSR count). The van der Waals surface area contributed by atoms with Crippen molar-refractivity contribution in [2.75, 3.05) is 0 Å². The Hall–Kier alpha value is -8.27. The summed E-state index contributed by atoms with van der Waals surface area (Å²) in [7, 11) is 0. The molecular formula is C59H39N3. The van der Waals surface area contributed by atoms with Gasteiger partial charge < -0.3 is 9.13 Å². The van der Waals surface area contributed by atoms with E-state index in [-0.39, 0.29) is 0 Å². The topological polar surface area (TPSA) is 22.8 Å². The molecule has 3 heteroatoms. The van der Waals surface area contributed by atoms with E-state index in [1.54, 1.807) is 0 Å². The molecular weight excluding hydrogens is 751 g/mol. The Morgan fingerprint density at radius 1 is 0.226 bits per heavy atom. The van der Waals surface area contributed by atoms with Crippen molar-refractivity contribution >= 4 is 43.6 Å². The van der Waals surface area contributed by atoms with Gasteiger partial charge in [0.25, 0.3) is 0 Å². The lowest BCUT2D eigenvalue weighted by Crippen LogP contribution is -1.96. The van der Waals surface area contributed by atoms with Gasteiger partial charge in [-0.05, 0) is 100 Å². The second-order valence-electron chi connectivity index (χ2n) is 16.0. The summed E-state index contributed by atoms with van der Waals surface area (Å²) in [6.07, 6.45) is 0. The number of benzene rings is 9. The average molecular weight is 790 g/mol. The highest BCUT2D eigenvalue weighted by Gasteiger charge is 2.16. The van der Waals surface area contributed by atoms with Crippen LogP contribution in [0.2, 0.25) is 0 Å². The third-order valence-corrected chi connectivity index (χ3v) is 12.3. The van der Waals surface area contributed by atoms with Gasteiger partial charge in [-0.15, -0.1) is 0 Å². The van der Waals surface area contributed by atoms with Crippen LogP contribution in [0.15, 0.2) is 237 Å². The maximum absolute atomic E-state index is 5.43. The predicted octanol–water partition coefficient (Wildman–Crippen LogP) is 15.6. The quantitative estimate of drug-likeness (QED) is 0.158. The third-order valence-electron chi connectivity index (χ3n) is 12.3. The third kappa shape index (κ3) is 6.10. The molecule has 9 aromatic carbocycles. The van der Waals surface area contributed by atoms with Gasteiger partial charge in [0.15, 0.2) is 0 Å². The zero-order valence-corrected chi connectivity index (χ0v) is 33.9. The van der Waals surface area contributed by atoms with Gasteiger partial charge in [0.05, 0.1) is 33.5 Å². The Labute approximate surface area is 360 Å². The lowest BCUT2D eigenvalue weighted by molar-refractivity contribution is 1.18. The van der Waals surface area contributed by atoms with E-state index in [4.69, 9.17) is 4.98 Å². The molecule has 3 heterocycles.